The highest BCUT2D eigenvalue weighted by Gasteiger charge is 2.10. The van der Waals surface area contributed by atoms with Crippen molar-refractivity contribution < 1.29 is 0 Å². The molecule has 2 heterocycles. The topological polar surface area (TPSA) is 74.6 Å². The van der Waals surface area contributed by atoms with Gasteiger partial charge in [-0.2, -0.15) is 10.2 Å². The van der Waals surface area contributed by atoms with E-state index in [1.54, 1.807) is 6.33 Å². The number of aromatic nitrogens is 5. The fraction of sp³-hybridized carbons (Fsp3) is 0.615. The first-order valence-corrected chi connectivity index (χ1v) is 6.74. The zero-order valence-corrected chi connectivity index (χ0v) is 11.8. The van der Waals surface area contributed by atoms with Gasteiger partial charge in [0.1, 0.15) is 18.7 Å². The third-order valence-electron chi connectivity index (χ3n) is 3.06. The third kappa shape index (κ3) is 3.41. The Labute approximate surface area is 113 Å². The van der Waals surface area contributed by atoms with Crippen molar-refractivity contribution in [2.45, 2.75) is 46.3 Å². The molecule has 104 valence electrons. The van der Waals surface area contributed by atoms with Crippen LogP contribution in [0.15, 0.2) is 18.7 Å². The molecule has 0 saturated carbocycles. The van der Waals surface area contributed by atoms with Crippen LogP contribution in [0, 0.1) is 5.92 Å². The Hall–Kier alpha value is -1.69. The van der Waals surface area contributed by atoms with Gasteiger partial charge < -0.3 is 5.73 Å². The lowest BCUT2D eigenvalue weighted by Crippen LogP contribution is -2.13. The molecule has 19 heavy (non-hydrogen) atoms. The standard InChI is InChI=1S/C13H22N6/c1-4-12(14)11-5-16-18(7-11)8-13-15-9-17-19(13)6-10(2)3/h5,7,9-10,12H,4,6,8,14H2,1-3H3. The molecule has 0 saturated heterocycles. The zero-order valence-electron chi connectivity index (χ0n) is 11.8. The molecule has 0 bridgehead atoms. The van der Waals surface area contributed by atoms with Crippen molar-refractivity contribution >= 4 is 0 Å². The van der Waals surface area contributed by atoms with E-state index >= 15 is 0 Å². The molecule has 0 spiro atoms. The van der Waals surface area contributed by atoms with Crippen LogP contribution in [-0.4, -0.2) is 24.5 Å². The second kappa shape index (κ2) is 5.97. The number of hydrogen-bond donors (Lipinski definition) is 1. The second-order valence-corrected chi connectivity index (χ2v) is 5.24. The Morgan fingerprint density at radius 3 is 2.79 bits per heavy atom. The zero-order chi connectivity index (χ0) is 13.8. The van der Waals surface area contributed by atoms with Crippen molar-refractivity contribution in [3.63, 3.8) is 0 Å². The summed E-state index contributed by atoms with van der Waals surface area (Å²) in [6.07, 6.45) is 6.33. The summed E-state index contributed by atoms with van der Waals surface area (Å²) >= 11 is 0. The molecule has 0 radical (unpaired) electrons. The third-order valence-corrected chi connectivity index (χ3v) is 3.06. The summed E-state index contributed by atoms with van der Waals surface area (Å²) in [5.74, 6) is 1.47. The van der Waals surface area contributed by atoms with Crippen molar-refractivity contribution in [1.29, 1.82) is 0 Å². The van der Waals surface area contributed by atoms with Crippen molar-refractivity contribution in [1.82, 2.24) is 24.5 Å². The SMILES string of the molecule is CCC(N)c1cnn(Cc2ncnn2CC(C)C)c1. The van der Waals surface area contributed by atoms with Crippen molar-refractivity contribution in [2.75, 3.05) is 0 Å². The van der Waals surface area contributed by atoms with Crippen LogP contribution in [0.2, 0.25) is 0 Å². The molecule has 1 atom stereocenters. The van der Waals surface area contributed by atoms with Crippen LogP contribution < -0.4 is 5.73 Å². The smallest absolute Gasteiger partial charge is 0.148 e. The first-order chi connectivity index (χ1) is 9.10. The highest BCUT2D eigenvalue weighted by atomic mass is 15.4. The van der Waals surface area contributed by atoms with Crippen LogP contribution in [0.5, 0.6) is 0 Å². The maximum absolute atomic E-state index is 5.99. The Balaban J connectivity index is 2.09. The fourth-order valence-electron chi connectivity index (χ4n) is 1.95. The van der Waals surface area contributed by atoms with Crippen LogP contribution in [-0.2, 0) is 13.1 Å². The lowest BCUT2D eigenvalue weighted by atomic mass is 10.1. The van der Waals surface area contributed by atoms with E-state index in [0.717, 1.165) is 24.4 Å². The average molecular weight is 262 g/mol. The molecule has 2 rings (SSSR count). The molecule has 2 aromatic heterocycles. The Morgan fingerprint density at radius 1 is 1.32 bits per heavy atom. The molecular weight excluding hydrogens is 240 g/mol. The average Bonchev–Trinajstić information content (AvgIpc) is 2.99. The summed E-state index contributed by atoms with van der Waals surface area (Å²) in [4.78, 5) is 4.30. The molecule has 0 aliphatic carbocycles. The van der Waals surface area contributed by atoms with Crippen LogP contribution in [0.3, 0.4) is 0 Å². The summed E-state index contributed by atoms with van der Waals surface area (Å²) in [5, 5.41) is 8.59. The number of hydrogen-bond acceptors (Lipinski definition) is 4. The summed E-state index contributed by atoms with van der Waals surface area (Å²) in [6.45, 7) is 7.90. The van der Waals surface area contributed by atoms with E-state index in [9.17, 15) is 0 Å². The molecule has 0 aromatic carbocycles. The van der Waals surface area contributed by atoms with Gasteiger partial charge in [0.2, 0.25) is 0 Å². The molecule has 0 fully saturated rings. The quantitative estimate of drug-likeness (QED) is 0.857. The summed E-state index contributed by atoms with van der Waals surface area (Å²) in [6, 6.07) is 0.0577. The number of rotatable bonds is 6. The Morgan fingerprint density at radius 2 is 2.11 bits per heavy atom. The molecule has 0 amide bonds. The molecule has 2 aromatic rings. The fourth-order valence-corrected chi connectivity index (χ4v) is 1.95. The summed E-state index contributed by atoms with van der Waals surface area (Å²) in [5.41, 5.74) is 7.06. The predicted molar refractivity (Wildman–Crippen MR) is 73.4 cm³/mol. The molecule has 1 unspecified atom stereocenters. The highest BCUT2D eigenvalue weighted by molar-refractivity contribution is 5.09. The van der Waals surface area contributed by atoms with Gasteiger partial charge in [0, 0.05) is 24.3 Å². The summed E-state index contributed by atoms with van der Waals surface area (Å²) in [7, 11) is 0. The predicted octanol–water partition coefficient (Wildman–Crippen LogP) is 1.59. The monoisotopic (exact) mass is 262 g/mol. The minimum atomic E-state index is 0.0577. The second-order valence-electron chi connectivity index (χ2n) is 5.24. The molecule has 6 heteroatoms. The van der Waals surface area contributed by atoms with E-state index in [1.807, 2.05) is 21.8 Å². The minimum Gasteiger partial charge on any atom is -0.324 e. The van der Waals surface area contributed by atoms with Gasteiger partial charge in [-0.05, 0) is 12.3 Å². The maximum atomic E-state index is 5.99. The van der Waals surface area contributed by atoms with E-state index in [2.05, 4.69) is 36.0 Å². The Kier molecular flexibility index (Phi) is 4.31. The molecule has 0 aliphatic rings. The van der Waals surface area contributed by atoms with Gasteiger partial charge in [-0.15, -0.1) is 0 Å². The minimum absolute atomic E-state index is 0.0577. The van der Waals surface area contributed by atoms with Crippen LogP contribution in [0.1, 0.15) is 44.6 Å². The van der Waals surface area contributed by atoms with Crippen LogP contribution in [0.25, 0.3) is 0 Å². The van der Waals surface area contributed by atoms with Crippen molar-refractivity contribution in [3.05, 3.63) is 30.1 Å². The van der Waals surface area contributed by atoms with Crippen molar-refractivity contribution in [3.8, 4) is 0 Å². The molecule has 2 N–H and O–H groups in total. The number of nitrogens with two attached hydrogens (primary N) is 1. The van der Waals surface area contributed by atoms with E-state index in [0.29, 0.717) is 12.5 Å². The molecular formula is C13H22N6. The van der Waals surface area contributed by atoms with Gasteiger partial charge in [0.15, 0.2) is 0 Å². The number of nitrogens with zero attached hydrogens (tertiary/aromatic N) is 5. The van der Waals surface area contributed by atoms with E-state index in [-0.39, 0.29) is 6.04 Å². The van der Waals surface area contributed by atoms with Gasteiger partial charge in [-0.25, -0.2) is 9.67 Å². The largest absolute Gasteiger partial charge is 0.324 e. The van der Waals surface area contributed by atoms with Crippen LogP contribution in [0.4, 0.5) is 0 Å². The van der Waals surface area contributed by atoms with Crippen molar-refractivity contribution in [2.24, 2.45) is 11.7 Å². The van der Waals surface area contributed by atoms with Crippen LogP contribution >= 0.6 is 0 Å². The Bertz CT molecular complexity index is 513. The normalized spacial score (nSPS) is 13.1. The van der Waals surface area contributed by atoms with Gasteiger partial charge in [-0.3, -0.25) is 4.68 Å². The lowest BCUT2D eigenvalue weighted by molar-refractivity contribution is 0.456. The van der Waals surface area contributed by atoms with Gasteiger partial charge >= 0.3 is 0 Å². The first kappa shape index (κ1) is 13.7. The molecule has 6 nitrogen and oxygen atoms in total. The van der Waals surface area contributed by atoms with E-state index in [1.165, 1.54) is 0 Å². The van der Waals surface area contributed by atoms with Gasteiger partial charge in [0.25, 0.3) is 0 Å². The highest BCUT2D eigenvalue weighted by Crippen LogP contribution is 2.12. The first-order valence-electron chi connectivity index (χ1n) is 6.74. The maximum Gasteiger partial charge on any atom is 0.148 e. The summed E-state index contributed by atoms with van der Waals surface area (Å²) < 4.78 is 3.80. The van der Waals surface area contributed by atoms with Gasteiger partial charge in [0.05, 0.1) is 6.20 Å². The lowest BCUT2D eigenvalue weighted by Gasteiger charge is -2.08. The van der Waals surface area contributed by atoms with E-state index in [4.69, 9.17) is 5.73 Å². The molecule has 0 aliphatic heterocycles. The van der Waals surface area contributed by atoms with Gasteiger partial charge in [-0.1, -0.05) is 20.8 Å². The van der Waals surface area contributed by atoms with E-state index < -0.39 is 0 Å².